The van der Waals surface area contributed by atoms with Crippen molar-refractivity contribution < 1.29 is 23.8 Å². The molecule has 1 atom stereocenters. The molecule has 0 bridgehead atoms. The van der Waals surface area contributed by atoms with E-state index in [0.29, 0.717) is 37.0 Å². The number of carbonyl (C=O) groups excluding carboxylic acids is 2. The van der Waals surface area contributed by atoms with Crippen LogP contribution in [0.2, 0.25) is 0 Å². The van der Waals surface area contributed by atoms with Crippen molar-refractivity contribution in [3.8, 4) is 5.75 Å². The van der Waals surface area contributed by atoms with Crippen LogP contribution in [-0.2, 0) is 20.8 Å². The Hall–Kier alpha value is -2.04. The topological polar surface area (TPSA) is 89.5 Å². The summed E-state index contributed by atoms with van der Waals surface area (Å²) in [4.78, 5) is 30.4. The van der Waals surface area contributed by atoms with E-state index >= 15 is 0 Å². The number of hydrogen-bond donors (Lipinski definition) is 1. The van der Waals surface area contributed by atoms with Crippen LogP contribution in [0.15, 0.2) is 23.2 Å². The molecule has 1 aliphatic heterocycles. The lowest BCUT2D eigenvalue weighted by Gasteiger charge is -2.34. The second-order valence-electron chi connectivity index (χ2n) is 6.46. The first-order valence-corrected chi connectivity index (χ1v) is 9.41. The molecule has 1 aromatic carbocycles. The second-order valence-corrected chi connectivity index (χ2v) is 6.46. The molecule has 1 fully saturated rings. The molecule has 0 aromatic heterocycles. The number of carbonyl (C=O) groups is 2. The van der Waals surface area contributed by atoms with Crippen LogP contribution < -0.4 is 10.1 Å². The molecular weight excluding hydrogens is 489 g/mol. The zero-order valence-corrected chi connectivity index (χ0v) is 19.7. The maximum atomic E-state index is 12.1. The number of ether oxygens (including phenoxy) is 3. The molecule has 0 radical (unpaired) electrons. The van der Waals surface area contributed by atoms with Gasteiger partial charge >= 0.3 is 11.9 Å². The summed E-state index contributed by atoms with van der Waals surface area (Å²) in [5, 5.41) is 3.30. The van der Waals surface area contributed by atoms with Gasteiger partial charge in [0.25, 0.3) is 0 Å². The Balaban J connectivity index is 0.00000420. The fourth-order valence-electron chi connectivity index (χ4n) is 3.27. The van der Waals surface area contributed by atoms with Gasteiger partial charge in [-0.25, -0.2) is 4.79 Å². The number of piperidine rings is 1. The highest BCUT2D eigenvalue weighted by Crippen LogP contribution is 2.21. The third kappa shape index (κ3) is 6.76. The molecular formula is C20H30IN3O5. The van der Waals surface area contributed by atoms with Gasteiger partial charge in [-0.05, 0) is 37.5 Å². The fourth-order valence-corrected chi connectivity index (χ4v) is 3.27. The summed E-state index contributed by atoms with van der Waals surface area (Å²) in [5.41, 5.74) is 1.26. The van der Waals surface area contributed by atoms with Crippen molar-refractivity contribution in [1.82, 2.24) is 10.2 Å². The number of methoxy groups -OCH3 is 2. The van der Waals surface area contributed by atoms with E-state index in [4.69, 9.17) is 14.2 Å². The molecule has 1 heterocycles. The Labute approximate surface area is 189 Å². The van der Waals surface area contributed by atoms with E-state index in [-0.39, 0.29) is 35.9 Å². The summed E-state index contributed by atoms with van der Waals surface area (Å²) in [7, 11) is 4.56. The summed E-state index contributed by atoms with van der Waals surface area (Å²) >= 11 is 0. The summed E-state index contributed by atoms with van der Waals surface area (Å²) in [5.74, 6) is 0.439. The maximum absolute atomic E-state index is 12.1. The summed E-state index contributed by atoms with van der Waals surface area (Å²) in [6, 6.07) is 5.36. The number of nitrogens with zero attached hydrogens (tertiary/aromatic N) is 2. The number of halogens is 1. The molecule has 0 amide bonds. The normalized spacial score (nSPS) is 16.5. The average Bonchev–Trinajstić information content (AvgIpc) is 2.73. The van der Waals surface area contributed by atoms with Gasteiger partial charge in [-0.1, -0.05) is 6.07 Å². The number of rotatable bonds is 6. The van der Waals surface area contributed by atoms with Gasteiger partial charge in [0.1, 0.15) is 11.3 Å². The lowest BCUT2D eigenvalue weighted by molar-refractivity contribution is -0.149. The molecule has 0 saturated carbocycles. The number of hydrogen-bond acceptors (Lipinski definition) is 6. The highest BCUT2D eigenvalue weighted by atomic mass is 127. The van der Waals surface area contributed by atoms with Crippen molar-refractivity contribution in [3.05, 3.63) is 29.3 Å². The lowest BCUT2D eigenvalue weighted by atomic mass is 9.98. The number of benzene rings is 1. The summed E-state index contributed by atoms with van der Waals surface area (Å²) in [6.45, 7) is 4.08. The van der Waals surface area contributed by atoms with Crippen molar-refractivity contribution in [1.29, 1.82) is 0 Å². The van der Waals surface area contributed by atoms with Gasteiger partial charge in [-0.2, -0.15) is 0 Å². The van der Waals surface area contributed by atoms with Gasteiger partial charge in [0.2, 0.25) is 0 Å². The van der Waals surface area contributed by atoms with Gasteiger partial charge in [0.05, 0.1) is 26.7 Å². The largest absolute Gasteiger partial charge is 0.496 e. The van der Waals surface area contributed by atoms with Crippen LogP contribution in [-0.4, -0.2) is 63.8 Å². The van der Waals surface area contributed by atoms with Crippen LogP contribution in [0.25, 0.3) is 0 Å². The van der Waals surface area contributed by atoms with E-state index in [0.717, 1.165) is 24.9 Å². The molecule has 2 rings (SSSR count). The predicted molar refractivity (Wildman–Crippen MR) is 121 cm³/mol. The molecule has 1 N–H and O–H groups in total. The number of aliphatic imine (C=N–C) groups is 1. The fraction of sp³-hybridized carbons (Fsp3) is 0.550. The van der Waals surface area contributed by atoms with E-state index in [2.05, 4.69) is 15.2 Å². The second kappa shape index (κ2) is 12.5. The number of nitrogens with one attached hydrogen (secondary N) is 1. The Morgan fingerprint density at radius 3 is 2.69 bits per heavy atom. The highest BCUT2D eigenvalue weighted by Gasteiger charge is 2.28. The van der Waals surface area contributed by atoms with Crippen LogP contribution in [0.1, 0.15) is 35.7 Å². The number of likely N-dealkylation sites (tertiary alicyclic amines) is 1. The first kappa shape index (κ1) is 25.0. The Bertz CT molecular complexity index is 726. The molecule has 1 saturated heterocycles. The van der Waals surface area contributed by atoms with E-state index in [1.165, 1.54) is 14.2 Å². The molecule has 0 aliphatic carbocycles. The standard InChI is InChI=1S/C20H29N3O5.HI/c1-5-28-18(24)15-7-6-10-23(13-15)20(21-2)22-12-14-8-9-17(26-3)16(11-14)19(25)27-4;/h8-9,11,15H,5-7,10,12-13H2,1-4H3,(H,21,22);1H. The van der Waals surface area contributed by atoms with Crippen LogP contribution >= 0.6 is 24.0 Å². The molecule has 29 heavy (non-hydrogen) atoms. The van der Waals surface area contributed by atoms with Crippen LogP contribution in [0.3, 0.4) is 0 Å². The Morgan fingerprint density at radius 2 is 2.07 bits per heavy atom. The van der Waals surface area contributed by atoms with Crippen molar-refractivity contribution in [2.75, 3.05) is 41.0 Å². The number of esters is 2. The SMILES string of the molecule is CCOC(=O)C1CCCN(C(=NC)NCc2ccc(OC)c(C(=O)OC)c2)C1.I. The van der Waals surface area contributed by atoms with Gasteiger partial charge in [0, 0.05) is 26.7 Å². The predicted octanol–water partition coefficient (Wildman–Crippen LogP) is 2.45. The first-order chi connectivity index (χ1) is 13.5. The minimum atomic E-state index is -0.448. The monoisotopic (exact) mass is 519 g/mol. The minimum Gasteiger partial charge on any atom is -0.496 e. The van der Waals surface area contributed by atoms with Gasteiger partial charge in [0.15, 0.2) is 5.96 Å². The van der Waals surface area contributed by atoms with Crippen LogP contribution in [0, 0.1) is 5.92 Å². The number of guanidine groups is 1. The van der Waals surface area contributed by atoms with Gasteiger partial charge < -0.3 is 24.4 Å². The molecule has 8 nitrogen and oxygen atoms in total. The van der Waals surface area contributed by atoms with Crippen molar-refractivity contribution in [2.24, 2.45) is 10.9 Å². The van der Waals surface area contributed by atoms with Gasteiger partial charge in [-0.15, -0.1) is 24.0 Å². The molecule has 1 aliphatic rings. The van der Waals surface area contributed by atoms with E-state index in [1.54, 1.807) is 19.2 Å². The summed E-state index contributed by atoms with van der Waals surface area (Å²) in [6.07, 6.45) is 1.73. The summed E-state index contributed by atoms with van der Waals surface area (Å²) < 4.78 is 15.2. The van der Waals surface area contributed by atoms with Crippen molar-refractivity contribution >= 4 is 41.9 Å². The van der Waals surface area contributed by atoms with Crippen LogP contribution in [0.4, 0.5) is 0 Å². The lowest BCUT2D eigenvalue weighted by Crippen LogP contribution is -2.48. The molecule has 1 aromatic rings. The minimum absolute atomic E-state index is 0. The van der Waals surface area contributed by atoms with Crippen molar-refractivity contribution in [3.63, 3.8) is 0 Å². The third-order valence-electron chi connectivity index (χ3n) is 4.67. The smallest absolute Gasteiger partial charge is 0.341 e. The Kier molecular flexibility index (Phi) is 10.8. The van der Waals surface area contributed by atoms with Gasteiger partial charge in [-0.3, -0.25) is 9.79 Å². The van der Waals surface area contributed by atoms with Crippen molar-refractivity contribution in [2.45, 2.75) is 26.3 Å². The van der Waals surface area contributed by atoms with E-state index < -0.39 is 5.97 Å². The maximum Gasteiger partial charge on any atom is 0.341 e. The zero-order chi connectivity index (χ0) is 20.5. The van der Waals surface area contributed by atoms with Crippen LogP contribution in [0.5, 0.6) is 5.75 Å². The third-order valence-corrected chi connectivity index (χ3v) is 4.67. The molecule has 162 valence electrons. The molecule has 0 spiro atoms. The quantitative estimate of drug-likeness (QED) is 0.267. The zero-order valence-electron chi connectivity index (χ0n) is 17.4. The highest BCUT2D eigenvalue weighted by molar-refractivity contribution is 14.0. The van der Waals surface area contributed by atoms with E-state index in [9.17, 15) is 9.59 Å². The molecule has 9 heteroatoms. The Morgan fingerprint density at radius 1 is 1.31 bits per heavy atom. The average molecular weight is 519 g/mol. The van der Waals surface area contributed by atoms with E-state index in [1.807, 2.05) is 13.0 Å². The first-order valence-electron chi connectivity index (χ1n) is 9.41. The molecule has 1 unspecified atom stereocenters.